The number of rotatable bonds is 15. The van der Waals surface area contributed by atoms with Crippen LogP contribution in [0.3, 0.4) is 0 Å². The smallest absolute Gasteiger partial charge is 0.0141 e. The van der Waals surface area contributed by atoms with Gasteiger partial charge in [-0.2, -0.15) is 0 Å². The fourth-order valence-corrected chi connectivity index (χ4v) is 2.30. The molecule has 0 bridgehead atoms. The summed E-state index contributed by atoms with van der Waals surface area (Å²) >= 11 is 0. The normalized spacial score (nSPS) is 11.3. The van der Waals surface area contributed by atoms with Crippen molar-refractivity contribution in [1.29, 1.82) is 0 Å². The molecule has 0 aromatic rings. The lowest BCUT2D eigenvalue weighted by Gasteiger charge is -2.01. The first-order chi connectivity index (χ1) is 9.41. The summed E-state index contributed by atoms with van der Waals surface area (Å²) in [4.78, 5) is 0. The lowest BCUT2D eigenvalue weighted by atomic mass is 10.1. The van der Waals surface area contributed by atoms with E-state index >= 15 is 0 Å². The molecule has 0 spiro atoms. The maximum Gasteiger partial charge on any atom is 0.0141 e. The quantitative estimate of drug-likeness (QED) is 0.348. The van der Waals surface area contributed by atoms with Crippen molar-refractivity contribution >= 4 is 0 Å². The van der Waals surface area contributed by atoms with Gasteiger partial charge in [-0.05, 0) is 25.5 Å². The highest BCUT2D eigenvalue weighted by molar-refractivity contribution is 4.79. The Bertz CT molecular complexity index is 175. The second kappa shape index (κ2) is 17.5. The van der Waals surface area contributed by atoms with Gasteiger partial charge in [0.05, 0.1) is 0 Å². The zero-order valence-electron chi connectivity index (χ0n) is 13.6. The van der Waals surface area contributed by atoms with Gasteiger partial charge in [-0.15, -0.1) is 0 Å². The average molecular weight is 268 g/mol. The summed E-state index contributed by atoms with van der Waals surface area (Å²) in [6.07, 6.45) is 22.4. The third-order valence-electron chi connectivity index (χ3n) is 3.63. The van der Waals surface area contributed by atoms with E-state index in [4.69, 9.17) is 0 Å². The van der Waals surface area contributed by atoms with Crippen molar-refractivity contribution in [2.75, 3.05) is 6.54 Å². The lowest BCUT2D eigenvalue weighted by Crippen LogP contribution is -2.06. The summed E-state index contributed by atoms with van der Waals surface area (Å²) in [5, 5.41) is 3.41. The number of allylic oxidation sites excluding steroid dienone is 1. The number of hydrogen-bond acceptors (Lipinski definition) is 1. The van der Waals surface area contributed by atoms with Crippen LogP contribution in [0.1, 0.15) is 97.3 Å². The van der Waals surface area contributed by atoms with E-state index in [2.05, 4.69) is 31.4 Å². The predicted molar refractivity (Wildman–Crippen MR) is 88.5 cm³/mol. The van der Waals surface area contributed by atoms with Crippen LogP contribution in [0.2, 0.25) is 0 Å². The summed E-state index contributed by atoms with van der Waals surface area (Å²) in [5.74, 6) is 0. The molecule has 0 aliphatic carbocycles. The molecule has 0 aliphatic heterocycles. The Morgan fingerprint density at radius 2 is 1.16 bits per heavy atom. The molecule has 0 aliphatic rings. The van der Waals surface area contributed by atoms with Crippen molar-refractivity contribution in [2.24, 2.45) is 0 Å². The molecule has 0 heterocycles. The largest absolute Gasteiger partial charge is 0.391 e. The maximum atomic E-state index is 3.41. The third kappa shape index (κ3) is 17.5. The summed E-state index contributed by atoms with van der Waals surface area (Å²) in [6, 6.07) is 0. The molecule has 0 fully saturated rings. The summed E-state index contributed by atoms with van der Waals surface area (Å²) in [5.41, 5.74) is 0. The van der Waals surface area contributed by atoms with Gasteiger partial charge in [-0.1, -0.05) is 84.1 Å². The van der Waals surface area contributed by atoms with Crippen molar-refractivity contribution < 1.29 is 0 Å². The SMILES string of the molecule is CCCCCCCC/C=C\NCCCCCCCC. The second-order valence-corrected chi connectivity index (χ2v) is 5.68. The average Bonchev–Trinajstić information content (AvgIpc) is 2.43. The van der Waals surface area contributed by atoms with Gasteiger partial charge in [0.25, 0.3) is 0 Å². The van der Waals surface area contributed by atoms with Gasteiger partial charge in [-0.25, -0.2) is 0 Å². The van der Waals surface area contributed by atoms with E-state index in [9.17, 15) is 0 Å². The van der Waals surface area contributed by atoms with E-state index in [1.54, 1.807) is 0 Å². The van der Waals surface area contributed by atoms with Crippen LogP contribution in [0.5, 0.6) is 0 Å². The van der Waals surface area contributed by atoms with Gasteiger partial charge in [0, 0.05) is 6.54 Å². The molecule has 0 aromatic carbocycles. The maximum absolute atomic E-state index is 3.41. The Balaban J connectivity index is 3.01. The highest BCUT2D eigenvalue weighted by Crippen LogP contribution is 2.07. The number of unbranched alkanes of at least 4 members (excludes halogenated alkanes) is 11. The molecule has 0 atom stereocenters. The van der Waals surface area contributed by atoms with E-state index in [1.807, 2.05) is 0 Å². The van der Waals surface area contributed by atoms with Crippen LogP contribution in [0.25, 0.3) is 0 Å². The molecule has 1 heteroatoms. The van der Waals surface area contributed by atoms with Gasteiger partial charge >= 0.3 is 0 Å². The van der Waals surface area contributed by atoms with Crippen molar-refractivity contribution in [1.82, 2.24) is 5.32 Å². The van der Waals surface area contributed by atoms with Crippen LogP contribution in [-0.4, -0.2) is 6.54 Å². The monoisotopic (exact) mass is 267 g/mol. The summed E-state index contributed by atoms with van der Waals surface area (Å²) < 4.78 is 0. The van der Waals surface area contributed by atoms with Crippen molar-refractivity contribution in [2.45, 2.75) is 97.3 Å². The highest BCUT2D eigenvalue weighted by Gasteiger charge is 1.89. The summed E-state index contributed by atoms with van der Waals surface area (Å²) in [7, 11) is 0. The van der Waals surface area contributed by atoms with Crippen molar-refractivity contribution in [3.8, 4) is 0 Å². The van der Waals surface area contributed by atoms with Crippen LogP contribution in [0, 0.1) is 0 Å². The van der Waals surface area contributed by atoms with Crippen LogP contribution in [0.4, 0.5) is 0 Å². The second-order valence-electron chi connectivity index (χ2n) is 5.68. The minimum atomic E-state index is 1.15. The van der Waals surface area contributed by atoms with Crippen molar-refractivity contribution in [3.63, 3.8) is 0 Å². The van der Waals surface area contributed by atoms with Crippen LogP contribution >= 0.6 is 0 Å². The molecular weight excluding hydrogens is 230 g/mol. The standard InChI is InChI=1S/C18H37N/c1-3-5-7-9-11-12-14-16-18-19-17-15-13-10-8-6-4-2/h16,18-19H,3-15,17H2,1-2H3/b18-16-. The molecule has 0 unspecified atom stereocenters. The Hall–Kier alpha value is -0.460. The van der Waals surface area contributed by atoms with E-state index < -0.39 is 0 Å². The first kappa shape index (κ1) is 18.5. The molecule has 19 heavy (non-hydrogen) atoms. The van der Waals surface area contributed by atoms with Crippen molar-refractivity contribution in [3.05, 3.63) is 12.3 Å². The molecule has 0 radical (unpaired) electrons. The Kier molecular flexibility index (Phi) is 17.1. The predicted octanol–water partition coefficient (Wildman–Crippen LogP) is 6.20. The Morgan fingerprint density at radius 1 is 0.632 bits per heavy atom. The van der Waals surface area contributed by atoms with Gasteiger partial charge < -0.3 is 5.32 Å². The zero-order valence-corrected chi connectivity index (χ0v) is 13.6. The van der Waals surface area contributed by atoms with E-state index in [-0.39, 0.29) is 0 Å². The minimum Gasteiger partial charge on any atom is -0.391 e. The summed E-state index contributed by atoms with van der Waals surface area (Å²) in [6.45, 7) is 5.70. The topological polar surface area (TPSA) is 12.0 Å². The molecule has 0 amide bonds. The molecule has 0 saturated carbocycles. The highest BCUT2D eigenvalue weighted by atomic mass is 14.8. The number of hydrogen-bond donors (Lipinski definition) is 1. The molecule has 1 N–H and O–H groups in total. The lowest BCUT2D eigenvalue weighted by molar-refractivity contribution is 0.596. The van der Waals surface area contributed by atoms with Crippen LogP contribution < -0.4 is 5.32 Å². The molecular formula is C18H37N. The van der Waals surface area contributed by atoms with Gasteiger partial charge in [0.15, 0.2) is 0 Å². The van der Waals surface area contributed by atoms with Gasteiger partial charge in [0.2, 0.25) is 0 Å². The minimum absolute atomic E-state index is 1.15. The Labute approximate surface area is 122 Å². The first-order valence-corrected chi connectivity index (χ1v) is 8.80. The van der Waals surface area contributed by atoms with Crippen LogP contribution in [-0.2, 0) is 0 Å². The van der Waals surface area contributed by atoms with E-state index in [1.165, 1.54) is 83.5 Å². The fraction of sp³-hybridized carbons (Fsp3) is 0.889. The van der Waals surface area contributed by atoms with Gasteiger partial charge in [-0.3, -0.25) is 0 Å². The molecule has 0 aromatic heterocycles. The van der Waals surface area contributed by atoms with E-state index in [0.717, 1.165) is 6.54 Å². The number of nitrogens with one attached hydrogen (secondary N) is 1. The molecule has 1 nitrogen and oxygen atoms in total. The molecule has 114 valence electrons. The molecule has 0 saturated heterocycles. The van der Waals surface area contributed by atoms with Gasteiger partial charge in [0.1, 0.15) is 0 Å². The fourth-order valence-electron chi connectivity index (χ4n) is 2.30. The zero-order chi connectivity index (χ0) is 14.0. The third-order valence-corrected chi connectivity index (χ3v) is 3.63. The van der Waals surface area contributed by atoms with Crippen LogP contribution in [0.15, 0.2) is 12.3 Å². The Morgan fingerprint density at radius 3 is 1.79 bits per heavy atom. The first-order valence-electron chi connectivity index (χ1n) is 8.80. The molecule has 0 rings (SSSR count). The van der Waals surface area contributed by atoms with E-state index in [0.29, 0.717) is 0 Å².